The van der Waals surface area contributed by atoms with Crippen molar-refractivity contribution in [1.82, 2.24) is 5.32 Å². The minimum Gasteiger partial charge on any atom is -0.493 e. The van der Waals surface area contributed by atoms with Gasteiger partial charge in [-0.25, -0.2) is 9.59 Å². The van der Waals surface area contributed by atoms with Crippen LogP contribution in [0.5, 0.6) is 11.5 Å². The molecule has 0 heterocycles. The molecule has 1 rings (SSSR count). The molecule has 0 spiro atoms. The standard InChI is InChI=1S/C15H21NO6/c1-15(2,3)22-14(19)16-7-8-21-11-6-5-10(13(17)18)9-12(11)20-4/h5-6,9H,7-8H2,1-4H3,(H,16,19)(H,17,18). The Kier molecular flexibility index (Phi) is 6.03. The van der Waals surface area contributed by atoms with Gasteiger partial charge < -0.3 is 24.6 Å². The van der Waals surface area contributed by atoms with E-state index in [9.17, 15) is 9.59 Å². The maximum atomic E-state index is 11.4. The molecule has 0 aliphatic carbocycles. The molecule has 0 bridgehead atoms. The van der Waals surface area contributed by atoms with E-state index in [0.717, 1.165) is 0 Å². The third-order valence-electron chi connectivity index (χ3n) is 2.44. The van der Waals surface area contributed by atoms with Crippen LogP contribution in [0.25, 0.3) is 0 Å². The minimum atomic E-state index is -1.04. The first-order valence-electron chi connectivity index (χ1n) is 6.74. The van der Waals surface area contributed by atoms with Gasteiger partial charge >= 0.3 is 12.1 Å². The molecule has 0 saturated heterocycles. The van der Waals surface area contributed by atoms with Crippen LogP contribution in [0.15, 0.2) is 18.2 Å². The Morgan fingerprint density at radius 2 is 1.91 bits per heavy atom. The maximum absolute atomic E-state index is 11.4. The Hall–Kier alpha value is -2.44. The Bertz CT molecular complexity index is 535. The Morgan fingerprint density at radius 1 is 1.23 bits per heavy atom. The number of rotatable bonds is 6. The van der Waals surface area contributed by atoms with Gasteiger partial charge in [0, 0.05) is 0 Å². The predicted octanol–water partition coefficient (Wildman–Crippen LogP) is 2.30. The fraction of sp³-hybridized carbons (Fsp3) is 0.467. The largest absolute Gasteiger partial charge is 0.493 e. The number of ether oxygens (including phenoxy) is 3. The smallest absolute Gasteiger partial charge is 0.407 e. The molecule has 0 atom stereocenters. The number of carboxylic acids is 1. The van der Waals surface area contributed by atoms with E-state index >= 15 is 0 Å². The highest BCUT2D eigenvalue weighted by atomic mass is 16.6. The molecule has 7 nitrogen and oxygen atoms in total. The topological polar surface area (TPSA) is 94.1 Å². The molecule has 1 amide bonds. The summed E-state index contributed by atoms with van der Waals surface area (Å²) in [6, 6.07) is 4.30. The number of alkyl carbamates (subject to hydrolysis) is 1. The predicted molar refractivity (Wildman–Crippen MR) is 79.7 cm³/mol. The highest BCUT2D eigenvalue weighted by Gasteiger charge is 2.15. The van der Waals surface area contributed by atoms with Crippen molar-refractivity contribution in [2.45, 2.75) is 26.4 Å². The van der Waals surface area contributed by atoms with E-state index in [1.54, 1.807) is 20.8 Å². The van der Waals surface area contributed by atoms with Crippen molar-refractivity contribution in [3.63, 3.8) is 0 Å². The van der Waals surface area contributed by atoms with Crippen molar-refractivity contribution in [3.05, 3.63) is 23.8 Å². The lowest BCUT2D eigenvalue weighted by Gasteiger charge is -2.19. The number of carbonyl (C=O) groups is 2. The number of hydrogen-bond acceptors (Lipinski definition) is 5. The van der Waals surface area contributed by atoms with Crippen molar-refractivity contribution < 1.29 is 28.9 Å². The van der Waals surface area contributed by atoms with Crippen LogP contribution in [0.4, 0.5) is 4.79 Å². The van der Waals surface area contributed by atoms with Gasteiger partial charge in [0.2, 0.25) is 0 Å². The highest BCUT2D eigenvalue weighted by Crippen LogP contribution is 2.27. The molecule has 7 heteroatoms. The van der Waals surface area contributed by atoms with Crippen LogP contribution in [0, 0.1) is 0 Å². The second kappa shape index (κ2) is 7.53. The number of methoxy groups -OCH3 is 1. The van der Waals surface area contributed by atoms with Gasteiger partial charge in [0.15, 0.2) is 11.5 Å². The lowest BCUT2D eigenvalue weighted by Crippen LogP contribution is -2.34. The molecule has 0 saturated carbocycles. The molecule has 0 radical (unpaired) electrons. The molecule has 2 N–H and O–H groups in total. The number of aromatic carboxylic acids is 1. The lowest BCUT2D eigenvalue weighted by molar-refractivity contribution is 0.0519. The van der Waals surface area contributed by atoms with Crippen LogP contribution >= 0.6 is 0 Å². The second-order valence-electron chi connectivity index (χ2n) is 5.45. The third kappa shape index (κ3) is 5.90. The van der Waals surface area contributed by atoms with Crippen LogP contribution in [-0.2, 0) is 4.74 Å². The summed E-state index contributed by atoms with van der Waals surface area (Å²) in [7, 11) is 1.42. The van der Waals surface area contributed by atoms with E-state index in [1.165, 1.54) is 25.3 Å². The van der Waals surface area contributed by atoms with Crippen molar-refractivity contribution >= 4 is 12.1 Å². The van der Waals surface area contributed by atoms with Gasteiger partial charge in [-0.3, -0.25) is 0 Å². The second-order valence-corrected chi connectivity index (χ2v) is 5.45. The Labute approximate surface area is 129 Å². The van der Waals surface area contributed by atoms with Crippen LogP contribution in [0.1, 0.15) is 31.1 Å². The lowest BCUT2D eigenvalue weighted by atomic mass is 10.2. The molecule has 122 valence electrons. The van der Waals surface area contributed by atoms with E-state index < -0.39 is 17.7 Å². The maximum Gasteiger partial charge on any atom is 0.407 e. The summed E-state index contributed by atoms with van der Waals surface area (Å²) in [5, 5.41) is 11.5. The summed E-state index contributed by atoms with van der Waals surface area (Å²) in [6.45, 7) is 5.77. The normalized spacial score (nSPS) is 10.7. The first-order valence-corrected chi connectivity index (χ1v) is 6.74. The van der Waals surface area contributed by atoms with Crippen LogP contribution in [0.2, 0.25) is 0 Å². The van der Waals surface area contributed by atoms with Crippen molar-refractivity contribution in [2.24, 2.45) is 0 Å². The molecule has 0 aliphatic rings. The van der Waals surface area contributed by atoms with Gasteiger partial charge in [-0.1, -0.05) is 0 Å². The minimum absolute atomic E-state index is 0.107. The van der Waals surface area contributed by atoms with Crippen LogP contribution < -0.4 is 14.8 Å². The zero-order valence-electron chi connectivity index (χ0n) is 13.1. The van der Waals surface area contributed by atoms with Crippen LogP contribution in [0.3, 0.4) is 0 Å². The summed E-state index contributed by atoms with van der Waals surface area (Å²) in [4.78, 5) is 22.3. The summed E-state index contributed by atoms with van der Waals surface area (Å²) < 4.78 is 15.6. The van der Waals surface area contributed by atoms with Crippen LogP contribution in [-0.4, -0.2) is 43.0 Å². The van der Waals surface area contributed by atoms with E-state index in [0.29, 0.717) is 11.5 Å². The van der Waals surface area contributed by atoms with Gasteiger partial charge in [-0.15, -0.1) is 0 Å². The first kappa shape index (κ1) is 17.6. The van der Waals surface area contributed by atoms with Crippen molar-refractivity contribution in [2.75, 3.05) is 20.3 Å². The molecule has 0 unspecified atom stereocenters. The zero-order chi connectivity index (χ0) is 16.8. The quantitative estimate of drug-likeness (QED) is 0.783. The number of amides is 1. The number of nitrogens with one attached hydrogen (secondary N) is 1. The van der Waals surface area contributed by atoms with Crippen molar-refractivity contribution in [1.29, 1.82) is 0 Å². The molecule has 1 aromatic carbocycles. The molecule has 0 aliphatic heterocycles. The van der Waals surface area contributed by atoms with Gasteiger partial charge in [-0.2, -0.15) is 0 Å². The van der Waals surface area contributed by atoms with Gasteiger partial charge in [0.05, 0.1) is 19.2 Å². The molecule has 0 aromatic heterocycles. The van der Waals surface area contributed by atoms with E-state index in [-0.39, 0.29) is 18.7 Å². The average molecular weight is 311 g/mol. The number of hydrogen-bond donors (Lipinski definition) is 2. The van der Waals surface area contributed by atoms with Gasteiger partial charge in [0.1, 0.15) is 12.2 Å². The first-order chi connectivity index (χ1) is 10.2. The average Bonchev–Trinajstić information content (AvgIpc) is 2.41. The molecule has 0 fully saturated rings. The number of carbonyl (C=O) groups excluding carboxylic acids is 1. The highest BCUT2D eigenvalue weighted by molar-refractivity contribution is 5.88. The summed E-state index contributed by atoms with van der Waals surface area (Å²) >= 11 is 0. The zero-order valence-corrected chi connectivity index (χ0v) is 13.1. The number of carboxylic acid groups (broad SMARTS) is 1. The van der Waals surface area contributed by atoms with Crippen molar-refractivity contribution in [3.8, 4) is 11.5 Å². The van der Waals surface area contributed by atoms with Gasteiger partial charge in [0.25, 0.3) is 0 Å². The fourth-order valence-electron chi connectivity index (χ4n) is 1.55. The molecule has 1 aromatic rings. The Balaban J connectivity index is 2.48. The van der Waals surface area contributed by atoms with E-state index in [4.69, 9.17) is 19.3 Å². The third-order valence-corrected chi connectivity index (χ3v) is 2.44. The number of benzene rings is 1. The SMILES string of the molecule is COc1cc(C(=O)O)ccc1OCCNC(=O)OC(C)(C)C. The molecular weight excluding hydrogens is 290 g/mol. The Morgan fingerprint density at radius 3 is 2.45 bits per heavy atom. The fourth-order valence-corrected chi connectivity index (χ4v) is 1.55. The monoisotopic (exact) mass is 311 g/mol. The molecule has 22 heavy (non-hydrogen) atoms. The molecular formula is C15H21NO6. The van der Waals surface area contributed by atoms with E-state index in [2.05, 4.69) is 5.32 Å². The summed E-state index contributed by atoms with van der Waals surface area (Å²) in [5.74, 6) is -0.327. The van der Waals surface area contributed by atoms with Gasteiger partial charge in [-0.05, 0) is 39.0 Å². The summed E-state index contributed by atoms with van der Waals surface area (Å²) in [6.07, 6.45) is -0.524. The van der Waals surface area contributed by atoms with E-state index in [1.807, 2.05) is 0 Å². The summed E-state index contributed by atoms with van der Waals surface area (Å²) in [5.41, 5.74) is -0.447.